The first-order chi connectivity index (χ1) is 25.0. The Labute approximate surface area is 302 Å². The number of fused-ring (bicyclic) bond motifs is 1. The average molecular weight is 692 g/mol. The zero-order valence-electron chi connectivity index (χ0n) is 28.9. The lowest BCUT2D eigenvalue weighted by Crippen LogP contribution is -2.53. The predicted molar refractivity (Wildman–Crippen MR) is 202 cm³/mol. The van der Waals surface area contributed by atoms with Gasteiger partial charge in [0, 0.05) is 13.1 Å². The maximum absolute atomic E-state index is 7.85. The van der Waals surface area contributed by atoms with Gasteiger partial charge in [-0.05, 0) is 47.2 Å². The van der Waals surface area contributed by atoms with Crippen LogP contribution in [0.1, 0.15) is 47.2 Å². The van der Waals surface area contributed by atoms with E-state index in [1.807, 2.05) is 38.1 Å². The number of benzene rings is 6. The maximum Gasteiger partial charge on any atom is 0.262 e. The fraction of sp³-hybridized carbons (Fsp3) is 0.200. The van der Waals surface area contributed by atoms with Gasteiger partial charge in [0.1, 0.15) is 12.2 Å². The van der Waals surface area contributed by atoms with Gasteiger partial charge in [0.2, 0.25) is 0 Å². The Morgan fingerprint density at radius 1 is 0.431 bits per heavy atom. The molecule has 0 saturated carbocycles. The van der Waals surface area contributed by atoms with E-state index in [2.05, 4.69) is 162 Å². The van der Waals surface area contributed by atoms with E-state index >= 15 is 0 Å². The maximum atomic E-state index is 7.85. The molecule has 6 aromatic carbocycles. The molecule has 5 nitrogen and oxygen atoms in total. The van der Waals surface area contributed by atoms with E-state index in [9.17, 15) is 0 Å². The van der Waals surface area contributed by atoms with Crippen LogP contribution in [0, 0.1) is 0 Å². The average Bonchev–Trinajstić information content (AvgIpc) is 3.46. The van der Waals surface area contributed by atoms with Gasteiger partial charge < -0.3 is 18.5 Å². The van der Waals surface area contributed by atoms with Crippen molar-refractivity contribution in [3.05, 3.63) is 215 Å². The highest BCUT2D eigenvalue weighted by Crippen LogP contribution is 2.66. The second-order valence-electron chi connectivity index (χ2n) is 13.6. The molecule has 0 aliphatic carbocycles. The van der Waals surface area contributed by atoms with Gasteiger partial charge >= 0.3 is 0 Å². The molecule has 2 fully saturated rings. The third kappa shape index (κ3) is 6.47. The number of hydrogen-bond donors (Lipinski definition) is 0. The Balaban J connectivity index is 1.44. The van der Waals surface area contributed by atoms with E-state index in [0.717, 1.165) is 33.4 Å². The molecule has 2 atom stereocenters. The SMILES string of the molecule is CC1(C)OC2C(O1)C(c1ccccc1)(c1ccccc1)OP(N(Cc1ccccc1)Cc1ccccc1)OC2(c1ccccc1)c1ccccc1. The molecule has 2 heterocycles. The highest BCUT2D eigenvalue weighted by Gasteiger charge is 2.67. The Bertz CT molecular complexity index is 1770. The molecule has 0 spiro atoms. The van der Waals surface area contributed by atoms with Crippen molar-refractivity contribution in [2.45, 2.75) is 56.1 Å². The van der Waals surface area contributed by atoms with E-state index in [0.29, 0.717) is 13.1 Å². The van der Waals surface area contributed by atoms with Crippen molar-refractivity contribution in [1.29, 1.82) is 0 Å². The lowest BCUT2D eigenvalue weighted by Gasteiger charge is -2.41. The lowest BCUT2D eigenvalue weighted by atomic mass is 9.72. The molecule has 2 aliphatic heterocycles. The summed E-state index contributed by atoms with van der Waals surface area (Å²) < 4.78 is 32.4. The van der Waals surface area contributed by atoms with Crippen molar-refractivity contribution < 1.29 is 18.5 Å². The monoisotopic (exact) mass is 691 g/mol. The first-order valence-corrected chi connectivity index (χ1v) is 18.7. The molecule has 6 heteroatoms. The highest BCUT2D eigenvalue weighted by atomic mass is 31.2. The van der Waals surface area contributed by atoms with Crippen molar-refractivity contribution in [1.82, 2.24) is 4.67 Å². The Kier molecular flexibility index (Phi) is 9.43. The largest absolute Gasteiger partial charge is 0.341 e. The molecule has 0 aromatic heterocycles. The first kappa shape index (κ1) is 33.7. The second kappa shape index (κ2) is 14.3. The van der Waals surface area contributed by atoms with Gasteiger partial charge in [0.05, 0.1) is 0 Å². The lowest BCUT2D eigenvalue weighted by molar-refractivity contribution is -0.175. The van der Waals surface area contributed by atoms with Crippen LogP contribution in [0.5, 0.6) is 0 Å². The van der Waals surface area contributed by atoms with Crippen LogP contribution in [0.25, 0.3) is 0 Å². The Morgan fingerprint density at radius 3 is 1.00 bits per heavy atom. The zero-order chi connectivity index (χ0) is 34.7. The molecule has 0 N–H and O–H groups in total. The number of hydrogen-bond acceptors (Lipinski definition) is 5. The molecule has 256 valence electrons. The third-order valence-corrected chi connectivity index (χ3v) is 11.4. The van der Waals surface area contributed by atoms with Crippen molar-refractivity contribution >= 4 is 8.53 Å². The van der Waals surface area contributed by atoms with Crippen molar-refractivity contribution in [3.63, 3.8) is 0 Å². The van der Waals surface area contributed by atoms with Crippen LogP contribution in [-0.4, -0.2) is 22.7 Å². The van der Waals surface area contributed by atoms with Gasteiger partial charge in [-0.2, -0.15) is 0 Å². The topological polar surface area (TPSA) is 40.2 Å². The summed E-state index contributed by atoms with van der Waals surface area (Å²) in [7, 11) is -1.86. The van der Waals surface area contributed by atoms with Gasteiger partial charge in [-0.25, -0.2) is 4.67 Å². The van der Waals surface area contributed by atoms with Crippen LogP contribution in [-0.2, 0) is 42.8 Å². The van der Waals surface area contributed by atoms with E-state index < -0.39 is 37.7 Å². The molecule has 2 saturated heterocycles. The van der Waals surface area contributed by atoms with Crippen LogP contribution in [0.3, 0.4) is 0 Å². The van der Waals surface area contributed by atoms with Gasteiger partial charge in [0.15, 0.2) is 17.0 Å². The standard InChI is InChI=1S/C45H42NO4P/c1-43(2)47-41-42(48-43)45(39-29-17-7-18-30-39,40-31-19-8-20-32-40)50-51(46(33-35-21-9-3-10-22-35)34-36-23-11-4-12-24-36)49-44(41,37-25-13-5-14-26-37)38-27-15-6-16-28-38/h3-32,41-42H,33-34H2,1-2H3. The molecule has 8 rings (SSSR count). The summed E-state index contributed by atoms with van der Waals surface area (Å²) in [6.07, 6.45) is -1.25. The first-order valence-electron chi connectivity index (χ1n) is 17.6. The van der Waals surface area contributed by atoms with Crippen LogP contribution >= 0.6 is 8.53 Å². The summed E-state index contributed by atoms with van der Waals surface area (Å²) in [6.45, 7) is 5.18. The number of rotatable bonds is 9. The van der Waals surface area contributed by atoms with E-state index in [-0.39, 0.29) is 0 Å². The van der Waals surface area contributed by atoms with Gasteiger partial charge in [-0.15, -0.1) is 0 Å². The minimum atomic E-state index is -1.86. The fourth-order valence-electron chi connectivity index (χ4n) is 7.54. The molecule has 51 heavy (non-hydrogen) atoms. The van der Waals surface area contributed by atoms with Crippen LogP contribution < -0.4 is 0 Å². The molecular formula is C45H42NO4P. The summed E-state index contributed by atoms with van der Waals surface area (Å²) in [6, 6.07) is 63.0. The quantitative estimate of drug-likeness (QED) is 0.141. The normalized spacial score (nSPS) is 21.8. The highest BCUT2D eigenvalue weighted by molar-refractivity contribution is 7.44. The van der Waals surface area contributed by atoms with Crippen molar-refractivity contribution in [2.75, 3.05) is 0 Å². The minimum absolute atomic E-state index is 0.600. The van der Waals surface area contributed by atoms with Crippen LogP contribution in [0.15, 0.2) is 182 Å². The summed E-state index contributed by atoms with van der Waals surface area (Å²) in [4.78, 5) is 0. The second-order valence-corrected chi connectivity index (χ2v) is 15.0. The van der Waals surface area contributed by atoms with Crippen molar-refractivity contribution in [3.8, 4) is 0 Å². The van der Waals surface area contributed by atoms with Gasteiger partial charge in [-0.1, -0.05) is 182 Å². The van der Waals surface area contributed by atoms with E-state index in [1.54, 1.807) is 0 Å². The molecule has 0 amide bonds. The summed E-state index contributed by atoms with van der Waals surface area (Å²) in [5, 5.41) is 0. The summed E-state index contributed by atoms with van der Waals surface area (Å²) >= 11 is 0. The van der Waals surface area contributed by atoms with Crippen molar-refractivity contribution in [2.24, 2.45) is 0 Å². The minimum Gasteiger partial charge on any atom is -0.341 e. The molecule has 2 unspecified atom stereocenters. The fourth-order valence-corrected chi connectivity index (χ4v) is 9.49. The molecular weight excluding hydrogens is 649 g/mol. The summed E-state index contributed by atoms with van der Waals surface area (Å²) in [5.74, 6) is -0.945. The number of ether oxygens (including phenoxy) is 2. The van der Waals surface area contributed by atoms with Crippen LogP contribution in [0.2, 0.25) is 0 Å². The molecule has 0 radical (unpaired) electrons. The van der Waals surface area contributed by atoms with E-state index in [1.165, 1.54) is 0 Å². The molecule has 6 aromatic rings. The Morgan fingerprint density at radius 2 is 0.706 bits per heavy atom. The summed E-state index contributed by atoms with van der Waals surface area (Å²) in [5.41, 5.74) is 3.97. The van der Waals surface area contributed by atoms with Gasteiger partial charge in [0.25, 0.3) is 8.53 Å². The Hall–Kier alpha value is -4.45. The van der Waals surface area contributed by atoms with Crippen LogP contribution in [0.4, 0.5) is 0 Å². The third-order valence-electron chi connectivity index (χ3n) is 9.80. The zero-order valence-corrected chi connectivity index (χ0v) is 29.8. The molecule has 0 bridgehead atoms. The number of nitrogens with zero attached hydrogens (tertiary/aromatic N) is 1. The molecule has 2 aliphatic rings. The smallest absolute Gasteiger partial charge is 0.262 e. The van der Waals surface area contributed by atoms with Gasteiger partial charge in [-0.3, -0.25) is 0 Å². The predicted octanol–water partition coefficient (Wildman–Crippen LogP) is 10.4. The van der Waals surface area contributed by atoms with E-state index in [4.69, 9.17) is 18.5 Å².